The quantitative estimate of drug-likeness (QED) is 0.734. The van der Waals surface area contributed by atoms with Crippen molar-refractivity contribution in [1.82, 2.24) is 0 Å². The molecule has 0 spiro atoms. The van der Waals surface area contributed by atoms with E-state index in [1.165, 1.54) is 11.3 Å². The maximum absolute atomic E-state index is 12.2. The molecule has 1 aromatic heterocycles. The molecule has 1 aromatic carbocycles. The van der Waals surface area contributed by atoms with Crippen LogP contribution in [0.4, 0.5) is 0 Å². The van der Waals surface area contributed by atoms with Crippen LogP contribution in [-0.2, 0) is 0 Å². The van der Waals surface area contributed by atoms with Crippen molar-refractivity contribution < 1.29 is 4.79 Å². The van der Waals surface area contributed by atoms with E-state index in [-0.39, 0.29) is 5.78 Å². The van der Waals surface area contributed by atoms with Gasteiger partial charge in [0.15, 0.2) is 0 Å². The molecule has 1 heterocycles. The smallest absolute Gasteiger partial charge is 0.205 e. The Bertz CT molecular complexity index is 548. The van der Waals surface area contributed by atoms with Crippen molar-refractivity contribution in [3.05, 3.63) is 55.1 Å². The Hall–Kier alpha value is -0.640. The Morgan fingerprint density at radius 2 is 2.06 bits per heavy atom. The van der Waals surface area contributed by atoms with E-state index in [0.717, 1.165) is 9.35 Å². The molecule has 0 radical (unpaired) electrons. The highest BCUT2D eigenvalue weighted by Crippen LogP contribution is 2.30. The van der Waals surface area contributed by atoms with E-state index < -0.39 is 0 Å². The van der Waals surface area contributed by atoms with E-state index in [2.05, 4.69) is 15.9 Å². The van der Waals surface area contributed by atoms with Gasteiger partial charge in [0.05, 0.1) is 9.90 Å². The Balaban J connectivity index is 2.47. The standard InChI is InChI=1S/C12H8BrClOS/c1-7-6-9(13)12(16-7)11(15)8-4-2-3-5-10(8)14/h2-6H,1H3. The Morgan fingerprint density at radius 1 is 1.38 bits per heavy atom. The minimum atomic E-state index is -0.0319. The van der Waals surface area contributed by atoms with Crippen molar-refractivity contribution >= 4 is 44.7 Å². The maximum atomic E-state index is 12.2. The van der Waals surface area contributed by atoms with E-state index >= 15 is 0 Å². The highest BCUT2D eigenvalue weighted by atomic mass is 79.9. The van der Waals surface area contributed by atoms with Crippen LogP contribution in [0.1, 0.15) is 20.1 Å². The van der Waals surface area contributed by atoms with Crippen LogP contribution in [-0.4, -0.2) is 5.78 Å². The van der Waals surface area contributed by atoms with Crippen LogP contribution in [0.3, 0.4) is 0 Å². The molecule has 0 aliphatic heterocycles. The van der Waals surface area contributed by atoms with Gasteiger partial charge in [0, 0.05) is 14.9 Å². The van der Waals surface area contributed by atoms with Gasteiger partial charge < -0.3 is 0 Å². The van der Waals surface area contributed by atoms with Gasteiger partial charge in [-0.3, -0.25) is 4.79 Å². The summed E-state index contributed by atoms with van der Waals surface area (Å²) < 4.78 is 0.833. The van der Waals surface area contributed by atoms with Gasteiger partial charge in [0.2, 0.25) is 5.78 Å². The van der Waals surface area contributed by atoms with Gasteiger partial charge in [-0.25, -0.2) is 0 Å². The lowest BCUT2D eigenvalue weighted by Crippen LogP contribution is -1.99. The lowest BCUT2D eigenvalue weighted by atomic mass is 10.1. The van der Waals surface area contributed by atoms with E-state index in [1.54, 1.807) is 12.1 Å². The Kier molecular flexibility index (Phi) is 3.47. The highest BCUT2D eigenvalue weighted by Gasteiger charge is 2.17. The first-order chi connectivity index (χ1) is 7.59. The second-order valence-electron chi connectivity index (χ2n) is 3.34. The SMILES string of the molecule is Cc1cc(Br)c(C(=O)c2ccccc2Cl)s1. The summed E-state index contributed by atoms with van der Waals surface area (Å²) >= 11 is 10.9. The molecule has 0 aliphatic carbocycles. The predicted octanol–water partition coefficient (Wildman–Crippen LogP) is 4.70. The maximum Gasteiger partial charge on any atom is 0.205 e. The molecular weight excluding hydrogens is 308 g/mol. The lowest BCUT2D eigenvalue weighted by Gasteiger charge is -2.01. The van der Waals surface area contributed by atoms with Gasteiger partial charge in [-0.05, 0) is 41.1 Å². The summed E-state index contributed by atoms with van der Waals surface area (Å²) in [7, 11) is 0. The molecule has 1 nitrogen and oxygen atoms in total. The number of halogens is 2. The third-order valence-corrected chi connectivity index (χ3v) is 4.40. The summed E-state index contributed by atoms with van der Waals surface area (Å²) in [6.45, 7) is 1.97. The van der Waals surface area contributed by atoms with Crippen LogP contribution in [0, 0.1) is 6.92 Å². The summed E-state index contributed by atoms with van der Waals surface area (Å²) in [4.78, 5) is 14.0. The number of carbonyl (C=O) groups excluding carboxylic acids is 1. The zero-order chi connectivity index (χ0) is 11.7. The predicted molar refractivity (Wildman–Crippen MR) is 71.6 cm³/mol. The third-order valence-electron chi connectivity index (χ3n) is 2.13. The van der Waals surface area contributed by atoms with Gasteiger partial charge in [0.25, 0.3) is 0 Å². The first-order valence-electron chi connectivity index (χ1n) is 4.65. The van der Waals surface area contributed by atoms with Crippen LogP contribution in [0.15, 0.2) is 34.8 Å². The molecular formula is C12H8BrClOS. The topological polar surface area (TPSA) is 17.1 Å². The second kappa shape index (κ2) is 4.70. The number of hydrogen-bond acceptors (Lipinski definition) is 2. The number of ketones is 1. The zero-order valence-electron chi connectivity index (χ0n) is 8.46. The highest BCUT2D eigenvalue weighted by molar-refractivity contribution is 9.10. The largest absolute Gasteiger partial charge is 0.288 e. The van der Waals surface area contributed by atoms with Crippen LogP contribution in [0.25, 0.3) is 0 Å². The summed E-state index contributed by atoms with van der Waals surface area (Å²) in [6, 6.07) is 9.03. The van der Waals surface area contributed by atoms with Crippen LogP contribution >= 0.6 is 38.9 Å². The number of thiophene rings is 1. The average molecular weight is 316 g/mol. The van der Waals surface area contributed by atoms with Gasteiger partial charge in [0.1, 0.15) is 0 Å². The minimum Gasteiger partial charge on any atom is -0.288 e. The molecule has 0 saturated carbocycles. The molecule has 0 unspecified atom stereocenters. The van der Waals surface area contributed by atoms with Gasteiger partial charge in [-0.1, -0.05) is 23.7 Å². The summed E-state index contributed by atoms with van der Waals surface area (Å²) in [5.41, 5.74) is 0.548. The van der Waals surface area contributed by atoms with Crippen LogP contribution < -0.4 is 0 Å². The molecule has 2 rings (SSSR count). The summed E-state index contributed by atoms with van der Waals surface area (Å²) in [6.07, 6.45) is 0. The van der Waals surface area contributed by atoms with Crippen molar-refractivity contribution in [2.24, 2.45) is 0 Å². The number of carbonyl (C=O) groups is 1. The van der Waals surface area contributed by atoms with Crippen molar-refractivity contribution in [2.45, 2.75) is 6.92 Å². The van der Waals surface area contributed by atoms with Crippen LogP contribution in [0.2, 0.25) is 5.02 Å². The third kappa shape index (κ3) is 2.21. The van der Waals surface area contributed by atoms with Crippen molar-refractivity contribution in [3.63, 3.8) is 0 Å². The molecule has 0 fully saturated rings. The Morgan fingerprint density at radius 3 is 2.62 bits per heavy atom. The lowest BCUT2D eigenvalue weighted by molar-refractivity contribution is 0.104. The molecule has 0 aliphatic rings. The number of aryl methyl sites for hydroxylation is 1. The first-order valence-corrected chi connectivity index (χ1v) is 6.63. The van der Waals surface area contributed by atoms with Gasteiger partial charge >= 0.3 is 0 Å². The summed E-state index contributed by atoms with van der Waals surface area (Å²) in [5.74, 6) is -0.0319. The fourth-order valence-electron chi connectivity index (χ4n) is 1.41. The number of benzene rings is 1. The molecule has 2 aromatic rings. The molecule has 82 valence electrons. The van der Waals surface area contributed by atoms with E-state index in [1.807, 2.05) is 25.1 Å². The van der Waals surface area contributed by atoms with Gasteiger partial charge in [-0.2, -0.15) is 0 Å². The first kappa shape index (κ1) is 11.8. The van der Waals surface area contributed by atoms with Crippen molar-refractivity contribution in [3.8, 4) is 0 Å². The molecule has 4 heteroatoms. The van der Waals surface area contributed by atoms with Crippen molar-refractivity contribution in [2.75, 3.05) is 0 Å². The molecule has 0 bridgehead atoms. The van der Waals surface area contributed by atoms with Crippen molar-refractivity contribution in [1.29, 1.82) is 0 Å². The Labute approximate surface area is 111 Å². The van der Waals surface area contributed by atoms with E-state index in [9.17, 15) is 4.79 Å². The van der Waals surface area contributed by atoms with Gasteiger partial charge in [-0.15, -0.1) is 11.3 Å². The fraction of sp³-hybridized carbons (Fsp3) is 0.0833. The van der Waals surface area contributed by atoms with E-state index in [4.69, 9.17) is 11.6 Å². The molecule has 0 saturated heterocycles. The second-order valence-corrected chi connectivity index (χ2v) is 5.86. The van der Waals surface area contributed by atoms with Crippen LogP contribution in [0.5, 0.6) is 0 Å². The summed E-state index contributed by atoms with van der Waals surface area (Å²) in [5, 5.41) is 0.491. The monoisotopic (exact) mass is 314 g/mol. The average Bonchev–Trinajstić information content (AvgIpc) is 2.58. The molecule has 16 heavy (non-hydrogen) atoms. The fourth-order valence-corrected chi connectivity index (χ4v) is 3.40. The van der Waals surface area contributed by atoms with E-state index in [0.29, 0.717) is 15.5 Å². The minimum absolute atomic E-state index is 0.0319. The normalized spacial score (nSPS) is 10.4. The zero-order valence-corrected chi connectivity index (χ0v) is 11.6. The number of rotatable bonds is 2. The number of hydrogen-bond donors (Lipinski definition) is 0. The molecule has 0 atom stereocenters. The molecule has 0 N–H and O–H groups in total. The molecule has 0 amide bonds.